The molecule has 0 aliphatic heterocycles. The van der Waals surface area contributed by atoms with Gasteiger partial charge in [-0.1, -0.05) is 41.4 Å². The van der Waals surface area contributed by atoms with Crippen LogP contribution in [0.15, 0.2) is 48.5 Å². The molecule has 1 saturated carbocycles. The minimum Gasteiger partial charge on any atom is -0.325 e. The maximum Gasteiger partial charge on any atom is 0.242 e. The van der Waals surface area contributed by atoms with Crippen LogP contribution in [0.4, 0.5) is 5.69 Å². The lowest BCUT2D eigenvalue weighted by atomic mass is 9.86. The molecule has 0 saturated heterocycles. The molecule has 2 unspecified atom stereocenters. The van der Waals surface area contributed by atoms with E-state index in [4.69, 9.17) is 23.2 Å². The van der Waals surface area contributed by atoms with Gasteiger partial charge in [0.05, 0.1) is 6.04 Å². The molecule has 2 N–H and O–H groups in total. The van der Waals surface area contributed by atoms with Crippen molar-refractivity contribution in [2.24, 2.45) is 5.92 Å². The lowest BCUT2D eigenvalue weighted by molar-refractivity contribution is -0.119. The van der Waals surface area contributed by atoms with Gasteiger partial charge >= 0.3 is 0 Å². The third kappa shape index (κ3) is 6.06. The first-order valence-electron chi connectivity index (χ1n) is 9.55. The zero-order valence-corrected chi connectivity index (χ0v) is 17.0. The van der Waals surface area contributed by atoms with Crippen molar-refractivity contribution in [2.45, 2.75) is 37.6 Å². The summed E-state index contributed by atoms with van der Waals surface area (Å²) in [5.74, 6) is 0.313. The second-order valence-electron chi connectivity index (χ2n) is 7.23. The van der Waals surface area contributed by atoms with Gasteiger partial charge in [0.1, 0.15) is 6.29 Å². The Kier molecular flexibility index (Phi) is 7.49. The summed E-state index contributed by atoms with van der Waals surface area (Å²) in [6.45, 7) is 0.784. The van der Waals surface area contributed by atoms with E-state index < -0.39 is 6.04 Å². The number of hydrogen-bond donors (Lipinski definition) is 2. The Hall–Kier alpha value is -1.88. The molecule has 28 heavy (non-hydrogen) atoms. The Balaban J connectivity index is 1.85. The van der Waals surface area contributed by atoms with Gasteiger partial charge in [-0.05, 0) is 67.6 Å². The lowest BCUT2D eigenvalue weighted by Crippen LogP contribution is -2.45. The molecule has 1 fully saturated rings. The Labute approximate surface area is 175 Å². The highest BCUT2D eigenvalue weighted by atomic mass is 35.5. The van der Waals surface area contributed by atoms with Crippen LogP contribution in [0.1, 0.15) is 37.2 Å². The van der Waals surface area contributed by atoms with Crippen molar-refractivity contribution in [1.29, 1.82) is 0 Å². The molecule has 0 heterocycles. The number of carbonyl (C=O) groups excluding carboxylic acids is 2. The maximum atomic E-state index is 13.2. The smallest absolute Gasteiger partial charge is 0.242 e. The van der Waals surface area contributed by atoms with Gasteiger partial charge in [0, 0.05) is 28.1 Å². The number of aldehydes is 1. The Morgan fingerprint density at radius 3 is 2.46 bits per heavy atom. The van der Waals surface area contributed by atoms with E-state index in [0.29, 0.717) is 34.5 Å². The van der Waals surface area contributed by atoms with Crippen molar-refractivity contribution in [3.63, 3.8) is 0 Å². The average Bonchev–Trinajstić information content (AvgIpc) is 3.48. The summed E-state index contributed by atoms with van der Waals surface area (Å²) in [7, 11) is 0. The van der Waals surface area contributed by atoms with Crippen LogP contribution >= 0.6 is 23.2 Å². The summed E-state index contributed by atoms with van der Waals surface area (Å²) in [5.41, 5.74) is 1.60. The minimum atomic E-state index is -0.474. The molecule has 3 rings (SSSR count). The van der Waals surface area contributed by atoms with Gasteiger partial charge in [-0.2, -0.15) is 0 Å². The fraction of sp³-hybridized carbons (Fsp3) is 0.364. The van der Waals surface area contributed by atoms with Crippen molar-refractivity contribution < 1.29 is 9.59 Å². The number of amides is 1. The van der Waals surface area contributed by atoms with E-state index in [0.717, 1.165) is 18.4 Å². The molecule has 6 heteroatoms. The SMILES string of the molecule is O=CCCC(c1cccc(Cl)c1)C(NCC1CC1)C(=O)Nc1cccc(Cl)c1. The molecule has 0 spiro atoms. The molecule has 1 amide bonds. The average molecular weight is 419 g/mol. The van der Waals surface area contributed by atoms with Crippen LogP contribution in [0.25, 0.3) is 0 Å². The molecule has 4 nitrogen and oxygen atoms in total. The second-order valence-corrected chi connectivity index (χ2v) is 8.11. The number of carbonyl (C=O) groups is 2. The van der Waals surface area contributed by atoms with Crippen LogP contribution in [0.2, 0.25) is 10.0 Å². The molecular weight excluding hydrogens is 395 g/mol. The highest BCUT2D eigenvalue weighted by molar-refractivity contribution is 6.31. The van der Waals surface area contributed by atoms with Crippen LogP contribution in [0.5, 0.6) is 0 Å². The van der Waals surface area contributed by atoms with E-state index in [-0.39, 0.29) is 11.8 Å². The molecule has 2 atom stereocenters. The molecule has 2 aromatic carbocycles. The number of anilines is 1. The highest BCUT2D eigenvalue weighted by Gasteiger charge is 2.31. The molecule has 148 valence electrons. The largest absolute Gasteiger partial charge is 0.325 e. The zero-order valence-electron chi connectivity index (χ0n) is 15.5. The van der Waals surface area contributed by atoms with Crippen LogP contribution in [-0.2, 0) is 9.59 Å². The zero-order chi connectivity index (χ0) is 19.9. The maximum absolute atomic E-state index is 13.2. The van der Waals surface area contributed by atoms with Gasteiger partial charge in [-0.3, -0.25) is 4.79 Å². The first-order valence-corrected chi connectivity index (χ1v) is 10.3. The molecule has 1 aliphatic rings. The van der Waals surface area contributed by atoms with Crippen LogP contribution in [-0.4, -0.2) is 24.8 Å². The quantitative estimate of drug-likeness (QED) is 0.529. The van der Waals surface area contributed by atoms with E-state index in [2.05, 4.69) is 10.6 Å². The van der Waals surface area contributed by atoms with Gasteiger partial charge in [-0.15, -0.1) is 0 Å². The lowest BCUT2D eigenvalue weighted by Gasteiger charge is -2.28. The number of nitrogens with one attached hydrogen (secondary N) is 2. The van der Waals surface area contributed by atoms with Gasteiger partial charge in [0.25, 0.3) is 0 Å². The van der Waals surface area contributed by atoms with Gasteiger partial charge in [-0.25, -0.2) is 0 Å². The summed E-state index contributed by atoms with van der Waals surface area (Å²) >= 11 is 12.2. The Morgan fingerprint density at radius 1 is 1.11 bits per heavy atom. The molecule has 0 radical (unpaired) electrons. The van der Waals surface area contributed by atoms with Crippen LogP contribution in [0, 0.1) is 5.92 Å². The summed E-state index contributed by atoms with van der Waals surface area (Å²) < 4.78 is 0. The van der Waals surface area contributed by atoms with Gasteiger partial charge in [0.2, 0.25) is 5.91 Å². The van der Waals surface area contributed by atoms with E-state index in [1.165, 1.54) is 12.8 Å². The van der Waals surface area contributed by atoms with Crippen molar-refractivity contribution in [3.8, 4) is 0 Å². The topological polar surface area (TPSA) is 58.2 Å². The summed E-state index contributed by atoms with van der Waals surface area (Å²) in [5, 5.41) is 7.58. The molecule has 2 aromatic rings. The first-order chi connectivity index (χ1) is 13.6. The summed E-state index contributed by atoms with van der Waals surface area (Å²) in [4.78, 5) is 24.2. The van der Waals surface area contributed by atoms with Crippen molar-refractivity contribution in [1.82, 2.24) is 5.32 Å². The number of rotatable bonds is 10. The predicted molar refractivity (Wildman–Crippen MR) is 114 cm³/mol. The van der Waals surface area contributed by atoms with E-state index in [1.807, 2.05) is 24.3 Å². The van der Waals surface area contributed by atoms with Crippen LogP contribution < -0.4 is 10.6 Å². The van der Waals surface area contributed by atoms with E-state index in [9.17, 15) is 9.59 Å². The molecular formula is C22H24Cl2N2O2. The number of hydrogen-bond acceptors (Lipinski definition) is 3. The third-order valence-corrected chi connectivity index (χ3v) is 5.44. The van der Waals surface area contributed by atoms with E-state index in [1.54, 1.807) is 24.3 Å². The van der Waals surface area contributed by atoms with Crippen molar-refractivity contribution in [2.75, 3.05) is 11.9 Å². The van der Waals surface area contributed by atoms with Gasteiger partial charge in [0.15, 0.2) is 0 Å². The minimum absolute atomic E-state index is 0.140. The number of benzene rings is 2. The standard InChI is InChI=1S/C22H24Cl2N2O2/c23-17-5-1-4-16(12-17)20(8-3-11-27)21(25-14-15-9-10-15)22(28)26-19-7-2-6-18(24)13-19/h1-2,4-7,11-13,15,20-21,25H,3,8-10,14H2,(H,26,28). The third-order valence-electron chi connectivity index (χ3n) is 4.97. The van der Waals surface area contributed by atoms with Crippen molar-refractivity contribution >= 4 is 41.1 Å². The number of halogens is 2. The Morgan fingerprint density at radius 2 is 1.82 bits per heavy atom. The second kappa shape index (κ2) is 10.1. The monoisotopic (exact) mass is 418 g/mol. The Bertz CT molecular complexity index is 824. The van der Waals surface area contributed by atoms with Crippen molar-refractivity contribution in [3.05, 3.63) is 64.1 Å². The van der Waals surface area contributed by atoms with E-state index >= 15 is 0 Å². The fourth-order valence-electron chi connectivity index (χ4n) is 3.33. The summed E-state index contributed by atoms with van der Waals surface area (Å²) in [6.07, 6.45) is 4.21. The predicted octanol–water partition coefficient (Wildman–Crippen LogP) is 5.06. The molecule has 1 aliphatic carbocycles. The summed E-state index contributed by atoms with van der Waals surface area (Å²) in [6, 6.07) is 14.1. The highest BCUT2D eigenvalue weighted by Crippen LogP contribution is 2.31. The van der Waals surface area contributed by atoms with Gasteiger partial charge < -0.3 is 15.4 Å². The normalized spacial score (nSPS) is 15.6. The molecule has 0 bridgehead atoms. The first kappa shape index (κ1) is 20.8. The fourth-order valence-corrected chi connectivity index (χ4v) is 3.72. The van der Waals surface area contributed by atoms with Crippen LogP contribution in [0.3, 0.4) is 0 Å². The molecule has 0 aromatic heterocycles.